The smallest absolute Gasteiger partial charge is 0.144 e. The van der Waals surface area contributed by atoms with Crippen LogP contribution in [0.2, 0.25) is 0 Å². The summed E-state index contributed by atoms with van der Waals surface area (Å²) in [6, 6.07) is 6.37. The van der Waals surface area contributed by atoms with Crippen molar-refractivity contribution in [1.82, 2.24) is 9.97 Å². The van der Waals surface area contributed by atoms with Crippen molar-refractivity contribution in [2.45, 2.75) is 58.4 Å². The molecular weight excluding hydrogens is 296 g/mol. The van der Waals surface area contributed by atoms with Crippen LogP contribution in [0.25, 0.3) is 0 Å². The zero-order valence-electron chi connectivity index (χ0n) is 14.3. The number of anilines is 1. The lowest BCUT2D eigenvalue weighted by molar-refractivity contribution is 0.662. The second-order valence-electron chi connectivity index (χ2n) is 6.37. The largest absolute Gasteiger partial charge is 0.365 e. The van der Waals surface area contributed by atoms with Gasteiger partial charge in [-0.05, 0) is 67.3 Å². The minimum atomic E-state index is 0.663. The van der Waals surface area contributed by atoms with Crippen LogP contribution in [0.1, 0.15) is 60.6 Å². The minimum absolute atomic E-state index is 0.663. The topological polar surface area (TPSA) is 61.6 Å². The molecule has 0 aromatic carbocycles. The van der Waals surface area contributed by atoms with E-state index in [2.05, 4.69) is 23.3 Å². The van der Waals surface area contributed by atoms with E-state index in [1.807, 2.05) is 12.1 Å². The van der Waals surface area contributed by atoms with Gasteiger partial charge in [0.2, 0.25) is 0 Å². The van der Waals surface area contributed by atoms with Gasteiger partial charge in [-0.25, -0.2) is 4.98 Å². The Morgan fingerprint density at radius 1 is 1.17 bits per heavy atom. The lowest BCUT2D eigenvalue weighted by atomic mass is 9.86. The van der Waals surface area contributed by atoms with Gasteiger partial charge in [-0.1, -0.05) is 13.3 Å². The summed E-state index contributed by atoms with van der Waals surface area (Å²) in [6.45, 7) is 2.87. The van der Waals surface area contributed by atoms with Crippen molar-refractivity contribution in [1.29, 1.82) is 5.26 Å². The number of aromatic nitrogens is 2. The molecule has 0 fully saturated rings. The van der Waals surface area contributed by atoms with Crippen molar-refractivity contribution in [3.05, 3.63) is 52.5 Å². The molecule has 0 saturated heterocycles. The second-order valence-corrected chi connectivity index (χ2v) is 6.37. The third-order valence-electron chi connectivity index (χ3n) is 4.69. The molecule has 2 aromatic rings. The fraction of sp³-hybridized carbons (Fsp3) is 0.450. The highest BCUT2D eigenvalue weighted by atomic mass is 15.0. The molecule has 0 bridgehead atoms. The molecule has 0 atom stereocenters. The Morgan fingerprint density at radius 2 is 1.92 bits per heavy atom. The van der Waals surface area contributed by atoms with Gasteiger partial charge < -0.3 is 5.32 Å². The van der Waals surface area contributed by atoms with Gasteiger partial charge in [0.1, 0.15) is 11.9 Å². The van der Waals surface area contributed by atoms with Gasteiger partial charge in [-0.3, -0.25) is 4.98 Å². The fourth-order valence-electron chi connectivity index (χ4n) is 3.39. The van der Waals surface area contributed by atoms with Crippen LogP contribution in [0.15, 0.2) is 24.5 Å². The third kappa shape index (κ3) is 3.56. The van der Waals surface area contributed by atoms with Crippen LogP contribution in [0.4, 0.5) is 5.82 Å². The van der Waals surface area contributed by atoms with Crippen molar-refractivity contribution in [3.8, 4) is 6.07 Å². The zero-order chi connectivity index (χ0) is 16.8. The Morgan fingerprint density at radius 3 is 2.62 bits per heavy atom. The lowest BCUT2D eigenvalue weighted by Gasteiger charge is -2.22. The van der Waals surface area contributed by atoms with Crippen LogP contribution in [0.3, 0.4) is 0 Å². The van der Waals surface area contributed by atoms with E-state index in [1.54, 1.807) is 12.4 Å². The summed E-state index contributed by atoms with van der Waals surface area (Å²) >= 11 is 0. The van der Waals surface area contributed by atoms with Gasteiger partial charge >= 0.3 is 0 Å². The molecule has 4 nitrogen and oxygen atoms in total. The highest BCUT2D eigenvalue weighted by Gasteiger charge is 2.21. The number of fused-ring (bicyclic) bond motifs is 1. The Balaban J connectivity index is 1.93. The first-order valence-electron chi connectivity index (χ1n) is 8.91. The predicted octanol–water partition coefficient (Wildman–Crippen LogP) is 4.18. The SMILES string of the molecule is CCCCc1nc(NCc2ccncc2)c(C#N)c2c1CCCC2. The predicted molar refractivity (Wildman–Crippen MR) is 95.8 cm³/mol. The summed E-state index contributed by atoms with van der Waals surface area (Å²) in [5.41, 5.74) is 5.67. The first-order chi connectivity index (χ1) is 11.8. The number of hydrogen-bond acceptors (Lipinski definition) is 4. The van der Waals surface area contributed by atoms with Gasteiger partial charge in [-0.15, -0.1) is 0 Å². The van der Waals surface area contributed by atoms with Crippen LogP contribution < -0.4 is 5.32 Å². The Labute approximate surface area is 144 Å². The molecular formula is C20H24N4. The third-order valence-corrected chi connectivity index (χ3v) is 4.69. The molecule has 2 aromatic heterocycles. The first kappa shape index (κ1) is 16.4. The molecule has 0 aliphatic heterocycles. The summed E-state index contributed by atoms with van der Waals surface area (Å²) < 4.78 is 0. The van der Waals surface area contributed by atoms with E-state index in [-0.39, 0.29) is 0 Å². The zero-order valence-corrected chi connectivity index (χ0v) is 14.3. The summed E-state index contributed by atoms with van der Waals surface area (Å²) in [5.74, 6) is 0.751. The van der Waals surface area contributed by atoms with Crippen LogP contribution >= 0.6 is 0 Å². The fourth-order valence-corrected chi connectivity index (χ4v) is 3.39. The lowest BCUT2D eigenvalue weighted by Crippen LogP contribution is -2.15. The van der Waals surface area contributed by atoms with E-state index in [0.717, 1.165) is 49.0 Å². The molecule has 1 aliphatic carbocycles. The van der Waals surface area contributed by atoms with E-state index in [1.165, 1.54) is 29.7 Å². The van der Waals surface area contributed by atoms with E-state index in [0.29, 0.717) is 6.54 Å². The molecule has 0 radical (unpaired) electrons. The molecule has 4 heteroatoms. The molecule has 0 amide bonds. The summed E-state index contributed by atoms with van der Waals surface area (Å²) in [6.07, 6.45) is 11.3. The summed E-state index contributed by atoms with van der Waals surface area (Å²) in [5, 5.41) is 13.1. The molecule has 1 N–H and O–H groups in total. The average Bonchev–Trinajstić information content (AvgIpc) is 2.65. The number of unbranched alkanes of at least 4 members (excludes halogenated alkanes) is 1. The van der Waals surface area contributed by atoms with E-state index >= 15 is 0 Å². The molecule has 1 aliphatic rings. The molecule has 2 heterocycles. The second kappa shape index (κ2) is 7.92. The number of pyridine rings is 2. The van der Waals surface area contributed by atoms with Crippen molar-refractivity contribution >= 4 is 5.82 Å². The number of nitrogens with zero attached hydrogens (tertiary/aromatic N) is 3. The number of hydrogen-bond donors (Lipinski definition) is 1. The van der Waals surface area contributed by atoms with Gasteiger partial charge in [-0.2, -0.15) is 5.26 Å². The Bertz CT molecular complexity index is 732. The Hall–Kier alpha value is -2.41. The number of nitrogens with one attached hydrogen (secondary N) is 1. The van der Waals surface area contributed by atoms with E-state index < -0.39 is 0 Å². The van der Waals surface area contributed by atoms with Crippen molar-refractivity contribution < 1.29 is 0 Å². The van der Waals surface area contributed by atoms with Crippen molar-refractivity contribution in [2.75, 3.05) is 5.32 Å². The van der Waals surface area contributed by atoms with Crippen LogP contribution in [-0.4, -0.2) is 9.97 Å². The number of nitriles is 1. The first-order valence-corrected chi connectivity index (χ1v) is 8.91. The minimum Gasteiger partial charge on any atom is -0.365 e. The van der Waals surface area contributed by atoms with Crippen LogP contribution in [0, 0.1) is 11.3 Å². The highest BCUT2D eigenvalue weighted by Crippen LogP contribution is 2.31. The summed E-state index contributed by atoms with van der Waals surface area (Å²) in [7, 11) is 0. The Kier molecular flexibility index (Phi) is 5.43. The van der Waals surface area contributed by atoms with E-state index in [9.17, 15) is 5.26 Å². The maximum atomic E-state index is 9.70. The quantitative estimate of drug-likeness (QED) is 0.867. The summed E-state index contributed by atoms with van der Waals surface area (Å²) in [4.78, 5) is 8.90. The highest BCUT2D eigenvalue weighted by molar-refractivity contribution is 5.60. The maximum absolute atomic E-state index is 9.70. The number of rotatable bonds is 6. The normalized spacial score (nSPS) is 13.2. The van der Waals surface area contributed by atoms with Gasteiger partial charge in [0, 0.05) is 24.6 Å². The van der Waals surface area contributed by atoms with E-state index in [4.69, 9.17) is 4.98 Å². The molecule has 0 saturated carbocycles. The van der Waals surface area contributed by atoms with Gasteiger partial charge in [0.05, 0.1) is 5.56 Å². The molecule has 24 heavy (non-hydrogen) atoms. The molecule has 3 rings (SSSR count). The van der Waals surface area contributed by atoms with Crippen LogP contribution in [0.5, 0.6) is 0 Å². The molecule has 0 unspecified atom stereocenters. The maximum Gasteiger partial charge on any atom is 0.144 e. The average molecular weight is 320 g/mol. The van der Waals surface area contributed by atoms with Crippen LogP contribution in [-0.2, 0) is 25.8 Å². The monoisotopic (exact) mass is 320 g/mol. The molecule has 0 spiro atoms. The standard InChI is InChI=1S/C20H24N4/c1-2-3-8-19-17-7-5-4-6-16(17)18(13-21)20(24-19)23-14-15-9-11-22-12-10-15/h9-12H,2-8,14H2,1H3,(H,23,24). The van der Waals surface area contributed by atoms with Crippen molar-refractivity contribution in [2.24, 2.45) is 0 Å². The van der Waals surface area contributed by atoms with Gasteiger partial charge in [0.15, 0.2) is 0 Å². The van der Waals surface area contributed by atoms with Crippen molar-refractivity contribution in [3.63, 3.8) is 0 Å². The number of aryl methyl sites for hydroxylation is 1. The molecule has 124 valence electrons. The van der Waals surface area contributed by atoms with Gasteiger partial charge in [0.25, 0.3) is 0 Å².